The number of rotatable bonds is 2. The van der Waals surface area contributed by atoms with E-state index >= 15 is 0 Å². The van der Waals surface area contributed by atoms with Crippen LogP contribution in [0.3, 0.4) is 0 Å². The molecule has 0 amide bonds. The summed E-state index contributed by atoms with van der Waals surface area (Å²) in [5, 5.41) is 1.84. The highest BCUT2D eigenvalue weighted by atomic mass is 79.9. The highest BCUT2D eigenvalue weighted by molar-refractivity contribution is 9.10. The number of hydrogen-bond acceptors (Lipinski definition) is 3. The predicted octanol–water partition coefficient (Wildman–Crippen LogP) is 4.71. The molecule has 1 saturated heterocycles. The van der Waals surface area contributed by atoms with Gasteiger partial charge in [0.05, 0.1) is 6.61 Å². The number of morpholine rings is 1. The van der Waals surface area contributed by atoms with Gasteiger partial charge in [0.2, 0.25) is 0 Å². The summed E-state index contributed by atoms with van der Waals surface area (Å²) in [5.41, 5.74) is 1.13. The van der Waals surface area contributed by atoms with E-state index in [4.69, 9.17) is 4.74 Å². The van der Waals surface area contributed by atoms with E-state index in [1.807, 2.05) is 18.2 Å². The molecular formula is C19H16BrFN2O. The van der Waals surface area contributed by atoms with E-state index in [0.717, 1.165) is 33.2 Å². The summed E-state index contributed by atoms with van der Waals surface area (Å²) in [4.78, 5) is 6.69. The smallest absolute Gasteiger partial charge is 0.136 e. The predicted molar refractivity (Wildman–Crippen MR) is 96.7 cm³/mol. The number of hydrogen-bond donors (Lipinski definition) is 0. The molecule has 1 atom stereocenters. The third kappa shape index (κ3) is 3.01. The highest BCUT2D eigenvalue weighted by Crippen LogP contribution is 2.30. The molecule has 0 unspecified atom stereocenters. The number of benzene rings is 2. The van der Waals surface area contributed by atoms with Crippen LogP contribution in [-0.2, 0) is 4.74 Å². The van der Waals surface area contributed by atoms with Crippen LogP contribution in [0.4, 0.5) is 10.2 Å². The molecular weight excluding hydrogens is 371 g/mol. The first-order valence-corrected chi connectivity index (χ1v) is 8.66. The van der Waals surface area contributed by atoms with E-state index in [0.29, 0.717) is 13.2 Å². The van der Waals surface area contributed by atoms with Crippen LogP contribution in [0, 0.1) is 5.82 Å². The minimum atomic E-state index is -0.241. The van der Waals surface area contributed by atoms with Gasteiger partial charge < -0.3 is 9.64 Å². The maximum Gasteiger partial charge on any atom is 0.136 e. The quantitative estimate of drug-likeness (QED) is 0.637. The summed E-state index contributed by atoms with van der Waals surface area (Å²) in [6.45, 7) is 2.06. The standard InChI is InChI=1S/C19H16BrFN2O/c20-15-4-1-14(2-5-15)18-12-23(9-10-24-18)19-17-11-16(21)6-3-13(17)7-8-22-19/h1-8,11,18H,9-10,12H2/t18-/m0/s1. The van der Waals surface area contributed by atoms with Crippen molar-refractivity contribution in [1.29, 1.82) is 0 Å². The van der Waals surface area contributed by atoms with Crippen molar-refractivity contribution in [3.8, 4) is 0 Å². The van der Waals surface area contributed by atoms with Gasteiger partial charge in [0.1, 0.15) is 17.7 Å². The lowest BCUT2D eigenvalue weighted by Gasteiger charge is -2.34. The van der Waals surface area contributed by atoms with Crippen LogP contribution in [0.25, 0.3) is 10.8 Å². The lowest BCUT2D eigenvalue weighted by molar-refractivity contribution is 0.0396. The van der Waals surface area contributed by atoms with Gasteiger partial charge in [0.15, 0.2) is 0 Å². The molecule has 3 aromatic rings. The number of anilines is 1. The fourth-order valence-corrected chi connectivity index (χ4v) is 3.36. The number of pyridine rings is 1. The van der Waals surface area contributed by atoms with Crippen LogP contribution >= 0.6 is 15.9 Å². The SMILES string of the molecule is Fc1ccc2ccnc(N3CCO[C@H](c4ccc(Br)cc4)C3)c2c1. The number of halogens is 2. The molecule has 0 bridgehead atoms. The van der Waals surface area contributed by atoms with E-state index in [1.165, 1.54) is 6.07 Å². The molecule has 0 spiro atoms. The second-order valence-electron chi connectivity index (χ2n) is 5.86. The summed E-state index contributed by atoms with van der Waals surface area (Å²) in [6, 6.07) is 14.9. The second-order valence-corrected chi connectivity index (χ2v) is 6.77. The first-order valence-electron chi connectivity index (χ1n) is 7.87. The molecule has 122 valence electrons. The fourth-order valence-electron chi connectivity index (χ4n) is 3.10. The average Bonchev–Trinajstić information content (AvgIpc) is 2.62. The molecule has 4 rings (SSSR count). The van der Waals surface area contributed by atoms with Gasteiger partial charge in [0, 0.05) is 29.1 Å². The molecule has 2 heterocycles. The monoisotopic (exact) mass is 386 g/mol. The van der Waals surface area contributed by atoms with Gasteiger partial charge in [-0.1, -0.05) is 34.1 Å². The molecule has 1 fully saturated rings. The first-order chi connectivity index (χ1) is 11.7. The molecule has 24 heavy (non-hydrogen) atoms. The number of fused-ring (bicyclic) bond motifs is 1. The summed E-state index contributed by atoms with van der Waals surface area (Å²) in [7, 11) is 0. The molecule has 1 aliphatic heterocycles. The van der Waals surface area contributed by atoms with Gasteiger partial charge in [-0.05, 0) is 41.3 Å². The average molecular weight is 387 g/mol. The third-order valence-electron chi connectivity index (χ3n) is 4.31. The van der Waals surface area contributed by atoms with Crippen molar-refractivity contribution in [3.05, 3.63) is 70.6 Å². The van der Waals surface area contributed by atoms with Crippen LogP contribution in [0.2, 0.25) is 0 Å². The summed E-state index contributed by atoms with van der Waals surface area (Å²) in [6.07, 6.45) is 1.76. The molecule has 0 N–H and O–H groups in total. The Balaban J connectivity index is 1.67. The molecule has 1 aromatic heterocycles. The molecule has 5 heteroatoms. The second kappa shape index (κ2) is 6.49. The van der Waals surface area contributed by atoms with Crippen LogP contribution in [0.1, 0.15) is 11.7 Å². The largest absolute Gasteiger partial charge is 0.370 e. The van der Waals surface area contributed by atoms with Gasteiger partial charge in [-0.15, -0.1) is 0 Å². The third-order valence-corrected chi connectivity index (χ3v) is 4.84. The Kier molecular flexibility index (Phi) is 4.21. The van der Waals surface area contributed by atoms with E-state index < -0.39 is 0 Å². The van der Waals surface area contributed by atoms with Crippen molar-refractivity contribution in [2.45, 2.75) is 6.10 Å². The Morgan fingerprint density at radius 2 is 1.96 bits per heavy atom. The topological polar surface area (TPSA) is 25.4 Å². The van der Waals surface area contributed by atoms with Crippen molar-refractivity contribution in [1.82, 2.24) is 4.98 Å². The van der Waals surface area contributed by atoms with Crippen LogP contribution in [-0.4, -0.2) is 24.7 Å². The lowest BCUT2D eigenvalue weighted by atomic mass is 10.1. The highest BCUT2D eigenvalue weighted by Gasteiger charge is 2.24. The first kappa shape index (κ1) is 15.5. The zero-order valence-electron chi connectivity index (χ0n) is 13.0. The molecule has 0 saturated carbocycles. The summed E-state index contributed by atoms with van der Waals surface area (Å²) in [5.74, 6) is 0.576. The van der Waals surface area contributed by atoms with E-state index in [9.17, 15) is 4.39 Å². The molecule has 0 radical (unpaired) electrons. The van der Waals surface area contributed by atoms with Gasteiger partial charge in [-0.3, -0.25) is 0 Å². The van der Waals surface area contributed by atoms with Crippen molar-refractivity contribution >= 4 is 32.5 Å². The van der Waals surface area contributed by atoms with E-state index in [2.05, 4.69) is 37.9 Å². The van der Waals surface area contributed by atoms with E-state index in [1.54, 1.807) is 18.3 Å². The summed E-state index contributed by atoms with van der Waals surface area (Å²) >= 11 is 3.46. The molecule has 0 aliphatic carbocycles. The Hall–Kier alpha value is -1.98. The number of nitrogens with zero attached hydrogens (tertiary/aromatic N) is 2. The van der Waals surface area contributed by atoms with Crippen LogP contribution in [0.15, 0.2) is 59.2 Å². The maximum absolute atomic E-state index is 13.7. The Morgan fingerprint density at radius 1 is 1.12 bits per heavy atom. The zero-order valence-corrected chi connectivity index (χ0v) is 14.5. The van der Waals surface area contributed by atoms with Gasteiger partial charge in [-0.2, -0.15) is 0 Å². The van der Waals surface area contributed by atoms with E-state index in [-0.39, 0.29) is 11.9 Å². The van der Waals surface area contributed by atoms with Gasteiger partial charge in [-0.25, -0.2) is 9.37 Å². The van der Waals surface area contributed by atoms with Crippen LogP contribution < -0.4 is 4.90 Å². The minimum Gasteiger partial charge on any atom is -0.370 e. The zero-order chi connectivity index (χ0) is 16.5. The molecule has 2 aromatic carbocycles. The summed E-state index contributed by atoms with van der Waals surface area (Å²) < 4.78 is 20.7. The number of aromatic nitrogens is 1. The number of ether oxygens (including phenoxy) is 1. The normalized spacial score (nSPS) is 18.1. The van der Waals surface area contributed by atoms with Gasteiger partial charge in [0.25, 0.3) is 0 Å². The Morgan fingerprint density at radius 3 is 2.79 bits per heavy atom. The van der Waals surface area contributed by atoms with Crippen molar-refractivity contribution in [3.63, 3.8) is 0 Å². The lowest BCUT2D eigenvalue weighted by Crippen LogP contribution is -2.39. The molecule has 3 nitrogen and oxygen atoms in total. The van der Waals surface area contributed by atoms with Gasteiger partial charge >= 0.3 is 0 Å². The Bertz CT molecular complexity index is 869. The van der Waals surface area contributed by atoms with Crippen molar-refractivity contribution < 1.29 is 9.13 Å². The fraction of sp³-hybridized carbons (Fsp3) is 0.211. The minimum absolute atomic E-state index is 0.0162. The van der Waals surface area contributed by atoms with Crippen molar-refractivity contribution in [2.75, 3.05) is 24.6 Å². The Labute approximate surface area is 148 Å². The van der Waals surface area contributed by atoms with Crippen LogP contribution in [0.5, 0.6) is 0 Å². The molecule has 1 aliphatic rings. The maximum atomic E-state index is 13.7. The van der Waals surface area contributed by atoms with Crippen molar-refractivity contribution in [2.24, 2.45) is 0 Å².